The van der Waals surface area contributed by atoms with Gasteiger partial charge in [-0.3, -0.25) is 0 Å². The second kappa shape index (κ2) is 6.09. The van der Waals surface area contributed by atoms with Crippen LogP contribution in [0.4, 0.5) is 0 Å². The number of hydrogen-bond donors (Lipinski definition) is 2. The van der Waals surface area contributed by atoms with Crippen molar-refractivity contribution in [3.63, 3.8) is 0 Å². The fraction of sp³-hybridized carbons (Fsp3) is 1.00. The molecule has 2 nitrogen and oxygen atoms in total. The fourth-order valence-electron chi connectivity index (χ4n) is 7.89. The Balaban J connectivity index is 1.63. The highest BCUT2D eigenvalue weighted by molar-refractivity contribution is 14.1. The minimum Gasteiger partial charge on any atom is -0.396 e. The molecule has 8 atom stereocenters. The average molecular weight is 446 g/mol. The molecule has 24 heavy (non-hydrogen) atoms. The molecule has 4 fully saturated rings. The Labute approximate surface area is 161 Å². The number of rotatable bonds is 2. The third-order valence-corrected chi connectivity index (χ3v) is 10.7. The van der Waals surface area contributed by atoms with E-state index in [4.69, 9.17) is 0 Å². The zero-order chi connectivity index (χ0) is 17.2. The predicted octanol–water partition coefficient (Wildman–Crippen LogP) is 4.80. The van der Waals surface area contributed by atoms with Crippen molar-refractivity contribution in [2.45, 2.75) is 77.2 Å². The van der Waals surface area contributed by atoms with Crippen LogP contribution >= 0.6 is 22.6 Å². The first-order valence-corrected chi connectivity index (χ1v) is 11.8. The van der Waals surface area contributed by atoms with Gasteiger partial charge in [-0.05, 0) is 85.9 Å². The first-order valence-electron chi connectivity index (χ1n) is 10.3. The van der Waals surface area contributed by atoms with Crippen molar-refractivity contribution in [3.8, 4) is 0 Å². The van der Waals surface area contributed by atoms with Gasteiger partial charge in [-0.2, -0.15) is 0 Å². The van der Waals surface area contributed by atoms with Gasteiger partial charge in [-0.1, -0.05) is 42.9 Å². The maximum atomic E-state index is 11.1. The molecule has 0 heterocycles. The highest BCUT2D eigenvalue weighted by Crippen LogP contribution is 2.67. The molecule has 0 aromatic rings. The minimum absolute atomic E-state index is 0.0753. The van der Waals surface area contributed by atoms with Crippen molar-refractivity contribution < 1.29 is 10.2 Å². The number of halogens is 1. The molecular formula is C21H35IO2. The summed E-state index contributed by atoms with van der Waals surface area (Å²) in [4.78, 5) is 0. The summed E-state index contributed by atoms with van der Waals surface area (Å²) >= 11 is 2.33. The lowest BCUT2D eigenvalue weighted by atomic mass is 9.43. The molecule has 4 aliphatic carbocycles. The van der Waals surface area contributed by atoms with Crippen LogP contribution in [0.25, 0.3) is 0 Å². The maximum Gasteiger partial charge on any atom is 0.0789 e. The SMILES string of the molecule is C[C@@]12CCC[C@H]1[C@@H]1CCC3CC(O)(CI)C(CO)C[C@]3(C)[C@@H]1CC2. The third kappa shape index (κ3) is 2.46. The highest BCUT2D eigenvalue weighted by atomic mass is 127. The van der Waals surface area contributed by atoms with Crippen LogP contribution in [0.5, 0.6) is 0 Å². The molecule has 4 saturated carbocycles. The standard InChI is InChI=1S/C21H35IO2/c1-19-8-3-4-17(19)16-6-5-14-11-21(24,13-22)15(12-23)10-20(14,2)18(16)7-9-19/h14-18,23-24H,3-13H2,1-2H3/t14?,15?,16-,17-,18+,19-,20-,21?/m0/s1. The molecule has 0 aliphatic heterocycles. The molecule has 2 N–H and O–H groups in total. The minimum atomic E-state index is -0.636. The molecule has 0 radical (unpaired) electrons. The fourth-order valence-corrected chi connectivity index (χ4v) is 8.83. The van der Waals surface area contributed by atoms with Crippen LogP contribution in [-0.4, -0.2) is 26.8 Å². The van der Waals surface area contributed by atoms with Crippen molar-refractivity contribution in [1.29, 1.82) is 0 Å². The average Bonchev–Trinajstić information content (AvgIpc) is 2.96. The molecule has 0 aromatic carbocycles. The summed E-state index contributed by atoms with van der Waals surface area (Å²) in [7, 11) is 0. The second-order valence-electron chi connectivity index (χ2n) is 10.3. The molecule has 4 rings (SSSR count). The van der Waals surface area contributed by atoms with Gasteiger partial charge < -0.3 is 10.2 Å². The molecule has 138 valence electrons. The monoisotopic (exact) mass is 446 g/mol. The van der Waals surface area contributed by atoms with E-state index in [-0.39, 0.29) is 12.5 Å². The third-order valence-electron chi connectivity index (χ3n) is 9.34. The molecule has 0 saturated heterocycles. The number of aliphatic hydroxyl groups excluding tert-OH is 1. The van der Waals surface area contributed by atoms with Crippen LogP contribution in [0.1, 0.15) is 71.6 Å². The van der Waals surface area contributed by atoms with E-state index in [9.17, 15) is 10.2 Å². The molecule has 0 bridgehead atoms. The summed E-state index contributed by atoms with van der Waals surface area (Å²) in [5, 5.41) is 21.1. The normalized spacial score (nSPS) is 57.1. The lowest BCUT2D eigenvalue weighted by Crippen LogP contribution is -2.59. The molecule has 0 spiro atoms. The van der Waals surface area contributed by atoms with Crippen molar-refractivity contribution >= 4 is 22.6 Å². The van der Waals surface area contributed by atoms with E-state index in [0.717, 1.165) is 35.0 Å². The van der Waals surface area contributed by atoms with E-state index < -0.39 is 5.60 Å². The van der Waals surface area contributed by atoms with E-state index >= 15 is 0 Å². The van der Waals surface area contributed by atoms with E-state index in [1.54, 1.807) is 0 Å². The molecule has 4 aliphatic rings. The van der Waals surface area contributed by atoms with Crippen molar-refractivity contribution in [1.82, 2.24) is 0 Å². The van der Waals surface area contributed by atoms with Gasteiger partial charge in [-0.25, -0.2) is 0 Å². The Hall–Kier alpha value is 0.650. The predicted molar refractivity (Wildman–Crippen MR) is 106 cm³/mol. The molecular weight excluding hydrogens is 411 g/mol. The molecule has 3 heteroatoms. The van der Waals surface area contributed by atoms with Crippen LogP contribution in [0.3, 0.4) is 0 Å². The van der Waals surface area contributed by atoms with Crippen molar-refractivity contribution in [2.75, 3.05) is 11.0 Å². The first kappa shape index (κ1) is 18.0. The zero-order valence-corrected chi connectivity index (χ0v) is 17.6. The lowest BCUT2D eigenvalue weighted by molar-refractivity contribution is -0.171. The van der Waals surface area contributed by atoms with Crippen LogP contribution in [0.2, 0.25) is 0 Å². The lowest BCUT2D eigenvalue weighted by Gasteiger charge is -2.63. The summed E-state index contributed by atoms with van der Waals surface area (Å²) in [5.41, 5.74) is 0.333. The van der Waals surface area contributed by atoms with E-state index in [1.807, 2.05) is 0 Å². The second-order valence-corrected chi connectivity index (χ2v) is 11.0. The van der Waals surface area contributed by atoms with Gasteiger partial charge in [0.2, 0.25) is 0 Å². The van der Waals surface area contributed by atoms with Crippen LogP contribution in [0, 0.1) is 40.4 Å². The van der Waals surface area contributed by atoms with E-state index in [1.165, 1.54) is 44.9 Å². The summed E-state index contributed by atoms with van der Waals surface area (Å²) in [6.45, 7) is 5.25. The van der Waals surface area contributed by atoms with Gasteiger partial charge in [0.25, 0.3) is 0 Å². The topological polar surface area (TPSA) is 40.5 Å². The highest BCUT2D eigenvalue weighted by Gasteiger charge is 2.61. The molecule has 3 unspecified atom stereocenters. The summed E-state index contributed by atoms with van der Waals surface area (Å²) < 4.78 is 0.761. The summed E-state index contributed by atoms with van der Waals surface area (Å²) in [6.07, 6.45) is 11.8. The molecule has 0 amide bonds. The number of fused-ring (bicyclic) bond motifs is 5. The van der Waals surface area contributed by atoms with E-state index in [0.29, 0.717) is 16.7 Å². The summed E-state index contributed by atoms with van der Waals surface area (Å²) in [6, 6.07) is 0. The van der Waals surface area contributed by atoms with Crippen LogP contribution in [-0.2, 0) is 0 Å². The Morgan fingerprint density at radius 1 is 1.00 bits per heavy atom. The van der Waals surface area contributed by atoms with Gasteiger partial charge in [-0.15, -0.1) is 0 Å². The van der Waals surface area contributed by atoms with Gasteiger partial charge >= 0.3 is 0 Å². The van der Waals surface area contributed by atoms with Gasteiger partial charge in [0, 0.05) is 17.0 Å². The Morgan fingerprint density at radius 3 is 2.50 bits per heavy atom. The smallest absolute Gasteiger partial charge is 0.0789 e. The Morgan fingerprint density at radius 2 is 1.79 bits per heavy atom. The van der Waals surface area contributed by atoms with Crippen molar-refractivity contribution in [2.24, 2.45) is 40.4 Å². The zero-order valence-electron chi connectivity index (χ0n) is 15.4. The van der Waals surface area contributed by atoms with Crippen molar-refractivity contribution in [3.05, 3.63) is 0 Å². The quantitative estimate of drug-likeness (QED) is 0.473. The van der Waals surface area contributed by atoms with Gasteiger partial charge in [0.05, 0.1) is 5.60 Å². The van der Waals surface area contributed by atoms with Gasteiger partial charge in [0.15, 0.2) is 0 Å². The number of aliphatic hydroxyl groups is 2. The summed E-state index contributed by atoms with van der Waals surface area (Å²) in [5.74, 6) is 3.43. The first-order chi connectivity index (χ1) is 11.4. The maximum absolute atomic E-state index is 11.1. The van der Waals surface area contributed by atoms with E-state index in [2.05, 4.69) is 36.4 Å². The Kier molecular flexibility index (Phi) is 4.57. The Bertz CT molecular complexity index is 496. The number of hydrogen-bond acceptors (Lipinski definition) is 2. The number of alkyl halides is 1. The largest absolute Gasteiger partial charge is 0.396 e. The molecule has 0 aromatic heterocycles. The van der Waals surface area contributed by atoms with Gasteiger partial charge in [0.1, 0.15) is 0 Å². The van der Waals surface area contributed by atoms with Crippen LogP contribution < -0.4 is 0 Å². The van der Waals surface area contributed by atoms with Crippen LogP contribution in [0.15, 0.2) is 0 Å².